The first-order chi connectivity index (χ1) is 9.95. The maximum atomic E-state index is 12.3. The Kier molecular flexibility index (Phi) is 4.38. The molecule has 4 heteroatoms. The first-order valence-corrected chi connectivity index (χ1v) is 6.72. The van der Waals surface area contributed by atoms with Crippen LogP contribution in [0.4, 0.5) is 11.4 Å². The Morgan fingerprint density at radius 3 is 2.24 bits per heavy atom. The van der Waals surface area contributed by atoms with E-state index in [-0.39, 0.29) is 11.8 Å². The molecule has 0 heterocycles. The lowest BCUT2D eigenvalue weighted by atomic mass is 10.0. The first kappa shape index (κ1) is 14.8. The van der Waals surface area contributed by atoms with Crippen molar-refractivity contribution >= 4 is 23.2 Å². The molecule has 0 aromatic heterocycles. The van der Waals surface area contributed by atoms with Crippen LogP contribution >= 0.6 is 0 Å². The van der Waals surface area contributed by atoms with Crippen LogP contribution in [-0.4, -0.2) is 11.8 Å². The maximum Gasteiger partial charge on any atom is 0.255 e. The van der Waals surface area contributed by atoms with Crippen molar-refractivity contribution < 1.29 is 9.59 Å². The number of anilines is 2. The molecule has 0 spiro atoms. The SMILES string of the molecule is CC(=O)Nc1cccc(NC(=O)c2cc(C)ccc2C)c1. The Labute approximate surface area is 124 Å². The number of hydrogen-bond acceptors (Lipinski definition) is 2. The maximum absolute atomic E-state index is 12.3. The molecule has 0 aliphatic rings. The van der Waals surface area contributed by atoms with Crippen LogP contribution in [-0.2, 0) is 4.79 Å². The fourth-order valence-electron chi connectivity index (χ4n) is 2.06. The quantitative estimate of drug-likeness (QED) is 0.905. The fourth-order valence-corrected chi connectivity index (χ4v) is 2.06. The van der Waals surface area contributed by atoms with Crippen molar-refractivity contribution in [1.29, 1.82) is 0 Å². The van der Waals surface area contributed by atoms with E-state index in [0.717, 1.165) is 11.1 Å². The molecule has 2 N–H and O–H groups in total. The zero-order valence-electron chi connectivity index (χ0n) is 12.4. The normalized spacial score (nSPS) is 10.0. The summed E-state index contributed by atoms with van der Waals surface area (Å²) in [5.41, 5.74) is 3.92. The summed E-state index contributed by atoms with van der Waals surface area (Å²) < 4.78 is 0. The third-order valence-corrected chi connectivity index (χ3v) is 3.08. The molecular formula is C17H18N2O2. The molecule has 0 saturated heterocycles. The Bertz CT molecular complexity index is 693. The second-order valence-electron chi connectivity index (χ2n) is 5.03. The zero-order valence-corrected chi connectivity index (χ0v) is 12.4. The van der Waals surface area contributed by atoms with Gasteiger partial charge in [0.15, 0.2) is 0 Å². The molecule has 0 bridgehead atoms. The monoisotopic (exact) mass is 282 g/mol. The molecule has 0 radical (unpaired) electrons. The second-order valence-corrected chi connectivity index (χ2v) is 5.03. The third kappa shape index (κ3) is 3.92. The van der Waals surface area contributed by atoms with Gasteiger partial charge in [-0.25, -0.2) is 0 Å². The minimum absolute atomic E-state index is 0.145. The predicted octanol–water partition coefficient (Wildman–Crippen LogP) is 3.51. The van der Waals surface area contributed by atoms with Crippen molar-refractivity contribution in [3.63, 3.8) is 0 Å². The van der Waals surface area contributed by atoms with Gasteiger partial charge in [0, 0.05) is 23.9 Å². The van der Waals surface area contributed by atoms with Crippen LogP contribution in [0.1, 0.15) is 28.4 Å². The van der Waals surface area contributed by atoms with E-state index in [1.165, 1.54) is 6.92 Å². The lowest BCUT2D eigenvalue weighted by Crippen LogP contribution is -2.14. The van der Waals surface area contributed by atoms with E-state index in [1.54, 1.807) is 24.3 Å². The van der Waals surface area contributed by atoms with Gasteiger partial charge < -0.3 is 10.6 Å². The van der Waals surface area contributed by atoms with Crippen molar-refractivity contribution in [1.82, 2.24) is 0 Å². The van der Waals surface area contributed by atoms with Gasteiger partial charge in [0.1, 0.15) is 0 Å². The highest BCUT2D eigenvalue weighted by Gasteiger charge is 2.09. The number of hydrogen-bond donors (Lipinski definition) is 2. The molecule has 0 unspecified atom stereocenters. The summed E-state index contributed by atoms with van der Waals surface area (Å²) in [6, 6.07) is 12.8. The average Bonchev–Trinajstić information content (AvgIpc) is 2.41. The first-order valence-electron chi connectivity index (χ1n) is 6.72. The van der Waals surface area contributed by atoms with Gasteiger partial charge in [-0.2, -0.15) is 0 Å². The smallest absolute Gasteiger partial charge is 0.255 e. The topological polar surface area (TPSA) is 58.2 Å². The lowest BCUT2D eigenvalue weighted by Gasteiger charge is -2.10. The summed E-state index contributed by atoms with van der Waals surface area (Å²) in [4.78, 5) is 23.4. The summed E-state index contributed by atoms with van der Waals surface area (Å²) in [6.07, 6.45) is 0. The van der Waals surface area contributed by atoms with E-state index >= 15 is 0 Å². The molecule has 0 aliphatic heterocycles. The van der Waals surface area contributed by atoms with Crippen LogP contribution in [0, 0.1) is 13.8 Å². The number of benzene rings is 2. The molecule has 2 aromatic carbocycles. The molecule has 21 heavy (non-hydrogen) atoms. The van der Waals surface area contributed by atoms with Crippen molar-refractivity contribution in [3.05, 3.63) is 59.2 Å². The van der Waals surface area contributed by atoms with Crippen LogP contribution in [0.25, 0.3) is 0 Å². The van der Waals surface area contributed by atoms with E-state index in [1.807, 2.05) is 32.0 Å². The number of nitrogens with one attached hydrogen (secondary N) is 2. The van der Waals surface area contributed by atoms with Crippen LogP contribution in [0.3, 0.4) is 0 Å². The molecule has 2 rings (SSSR count). The minimum Gasteiger partial charge on any atom is -0.326 e. The van der Waals surface area contributed by atoms with Gasteiger partial charge in [-0.05, 0) is 43.7 Å². The number of carbonyl (C=O) groups is 2. The molecule has 4 nitrogen and oxygen atoms in total. The van der Waals surface area contributed by atoms with E-state index < -0.39 is 0 Å². The number of rotatable bonds is 3. The van der Waals surface area contributed by atoms with Crippen molar-refractivity contribution in [2.45, 2.75) is 20.8 Å². The Balaban J connectivity index is 2.19. The highest BCUT2D eigenvalue weighted by atomic mass is 16.2. The van der Waals surface area contributed by atoms with E-state index in [4.69, 9.17) is 0 Å². The molecule has 0 fully saturated rings. The van der Waals surface area contributed by atoms with E-state index in [2.05, 4.69) is 10.6 Å². The van der Waals surface area contributed by atoms with Gasteiger partial charge >= 0.3 is 0 Å². The fraction of sp³-hybridized carbons (Fsp3) is 0.176. The number of amides is 2. The van der Waals surface area contributed by atoms with E-state index in [9.17, 15) is 9.59 Å². The third-order valence-electron chi connectivity index (χ3n) is 3.08. The van der Waals surface area contributed by atoms with Gasteiger partial charge in [0.25, 0.3) is 5.91 Å². The van der Waals surface area contributed by atoms with Crippen molar-refractivity contribution in [3.8, 4) is 0 Å². The number of aryl methyl sites for hydroxylation is 2. The van der Waals surface area contributed by atoms with Crippen molar-refractivity contribution in [2.75, 3.05) is 10.6 Å². The summed E-state index contributed by atoms with van der Waals surface area (Å²) in [5.74, 6) is -0.302. The molecule has 2 aromatic rings. The summed E-state index contributed by atoms with van der Waals surface area (Å²) >= 11 is 0. The summed E-state index contributed by atoms with van der Waals surface area (Å²) in [5, 5.41) is 5.54. The predicted molar refractivity (Wildman–Crippen MR) is 84.6 cm³/mol. The highest BCUT2D eigenvalue weighted by molar-refractivity contribution is 6.05. The van der Waals surface area contributed by atoms with E-state index in [0.29, 0.717) is 16.9 Å². The molecule has 0 aliphatic carbocycles. The standard InChI is InChI=1S/C17H18N2O2/c1-11-7-8-12(2)16(9-11)17(21)19-15-6-4-5-14(10-15)18-13(3)20/h4-10H,1-3H3,(H,18,20)(H,19,21). The van der Waals surface area contributed by atoms with Crippen LogP contribution in [0.2, 0.25) is 0 Å². The van der Waals surface area contributed by atoms with Gasteiger partial charge in [-0.1, -0.05) is 23.8 Å². The van der Waals surface area contributed by atoms with Gasteiger partial charge in [0.2, 0.25) is 5.91 Å². The summed E-state index contributed by atoms with van der Waals surface area (Å²) in [7, 11) is 0. The van der Waals surface area contributed by atoms with Gasteiger partial charge in [-0.15, -0.1) is 0 Å². The lowest BCUT2D eigenvalue weighted by molar-refractivity contribution is -0.114. The average molecular weight is 282 g/mol. The van der Waals surface area contributed by atoms with Gasteiger partial charge in [0.05, 0.1) is 0 Å². The largest absolute Gasteiger partial charge is 0.326 e. The summed E-state index contributed by atoms with van der Waals surface area (Å²) in [6.45, 7) is 5.30. The molecule has 108 valence electrons. The molecular weight excluding hydrogens is 264 g/mol. The van der Waals surface area contributed by atoms with Crippen LogP contribution in [0.15, 0.2) is 42.5 Å². The zero-order chi connectivity index (χ0) is 15.4. The Morgan fingerprint density at radius 2 is 1.57 bits per heavy atom. The van der Waals surface area contributed by atoms with Crippen LogP contribution in [0.5, 0.6) is 0 Å². The van der Waals surface area contributed by atoms with Crippen molar-refractivity contribution in [2.24, 2.45) is 0 Å². The Morgan fingerprint density at radius 1 is 0.905 bits per heavy atom. The molecule has 0 atom stereocenters. The minimum atomic E-state index is -0.156. The second kappa shape index (κ2) is 6.22. The highest BCUT2D eigenvalue weighted by Crippen LogP contribution is 2.17. The Hall–Kier alpha value is -2.62. The molecule has 0 saturated carbocycles. The molecule has 2 amide bonds. The number of carbonyl (C=O) groups excluding carboxylic acids is 2. The van der Waals surface area contributed by atoms with Gasteiger partial charge in [-0.3, -0.25) is 9.59 Å². The van der Waals surface area contributed by atoms with Crippen LogP contribution < -0.4 is 10.6 Å².